The standard InChI is InChI=1S/C16H13FN2O3/c1-9-13(16(20)21)14(10-4-6-11(17)7-5-10)19-15(18-9)12-3-2-8-22-12/h2-8,14H,1H3,(H,18,19)(H,20,21). The highest BCUT2D eigenvalue weighted by atomic mass is 19.1. The number of carboxylic acids is 1. The fraction of sp³-hybridized carbons (Fsp3) is 0.125. The molecule has 0 radical (unpaired) electrons. The third-order valence-corrected chi connectivity index (χ3v) is 3.41. The number of hydrogen-bond acceptors (Lipinski definition) is 4. The molecule has 2 N–H and O–H groups in total. The number of benzene rings is 1. The van der Waals surface area contributed by atoms with Crippen molar-refractivity contribution in [2.75, 3.05) is 0 Å². The highest BCUT2D eigenvalue weighted by Crippen LogP contribution is 2.31. The van der Waals surface area contributed by atoms with E-state index in [4.69, 9.17) is 4.42 Å². The summed E-state index contributed by atoms with van der Waals surface area (Å²) in [6, 6.07) is 8.36. The van der Waals surface area contributed by atoms with Gasteiger partial charge in [0.1, 0.15) is 11.9 Å². The Morgan fingerprint density at radius 1 is 1.32 bits per heavy atom. The van der Waals surface area contributed by atoms with Crippen molar-refractivity contribution >= 4 is 11.8 Å². The van der Waals surface area contributed by atoms with Crippen LogP contribution in [0, 0.1) is 5.82 Å². The van der Waals surface area contributed by atoms with Gasteiger partial charge in [-0.15, -0.1) is 0 Å². The number of allylic oxidation sites excluding steroid dienone is 1. The number of amidine groups is 1. The van der Waals surface area contributed by atoms with E-state index >= 15 is 0 Å². The topological polar surface area (TPSA) is 74.8 Å². The lowest BCUT2D eigenvalue weighted by Gasteiger charge is -2.24. The minimum atomic E-state index is -1.07. The van der Waals surface area contributed by atoms with Crippen molar-refractivity contribution in [2.24, 2.45) is 4.99 Å². The number of nitrogens with zero attached hydrogens (tertiary/aromatic N) is 1. The molecule has 0 saturated carbocycles. The van der Waals surface area contributed by atoms with Crippen LogP contribution in [0.15, 0.2) is 63.3 Å². The summed E-state index contributed by atoms with van der Waals surface area (Å²) in [6.07, 6.45) is 1.51. The van der Waals surface area contributed by atoms with E-state index in [1.165, 1.54) is 30.5 Å². The zero-order valence-electron chi connectivity index (χ0n) is 11.7. The van der Waals surface area contributed by atoms with Crippen LogP contribution in [-0.2, 0) is 4.79 Å². The summed E-state index contributed by atoms with van der Waals surface area (Å²) in [5.41, 5.74) is 1.20. The van der Waals surface area contributed by atoms with Gasteiger partial charge in [-0.25, -0.2) is 9.18 Å². The maximum atomic E-state index is 13.1. The minimum absolute atomic E-state index is 0.127. The van der Waals surface area contributed by atoms with Gasteiger partial charge < -0.3 is 14.8 Å². The summed E-state index contributed by atoms with van der Waals surface area (Å²) in [6.45, 7) is 1.66. The zero-order chi connectivity index (χ0) is 15.7. The zero-order valence-corrected chi connectivity index (χ0v) is 11.7. The Labute approximate surface area is 125 Å². The molecule has 2 heterocycles. The van der Waals surface area contributed by atoms with Crippen LogP contribution in [0.25, 0.3) is 0 Å². The number of hydrogen-bond donors (Lipinski definition) is 2. The van der Waals surface area contributed by atoms with Crippen molar-refractivity contribution in [3.63, 3.8) is 0 Å². The normalized spacial score (nSPS) is 17.9. The second kappa shape index (κ2) is 5.48. The Morgan fingerprint density at radius 2 is 2.05 bits per heavy atom. The monoisotopic (exact) mass is 300 g/mol. The molecule has 1 aliphatic heterocycles. The fourth-order valence-corrected chi connectivity index (χ4v) is 2.38. The van der Waals surface area contributed by atoms with Crippen molar-refractivity contribution in [1.29, 1.82) is 0 Å². The molecular formula is C16H13FN2O3. The second-order valence-electron chi connectivity index (χ2n) is 4.88. The van der Waals surface area contributed by atoms with Crippen LogP contribution in [0.3, 0.4) is 0 Å². The number of carboxylic acid groups (broad SMARTS) is 1. The molecule has 1 aromatic heterocycles. The van der Waals surface area contributed by atoms with E-state index in [-0.39, 0.29) is 11.4 Å². The van der Waals surface area contributed by atoms with Crippen LogP contribution in [-0.4, -0.2) is 16.9 Å². The van der Waals surface area contributed by atoms with Crippen molar-refractivity contribution in [2.45, 2.75) is 13.0 Å². The highest BCUT2D eigenvalue weighted by Gasteiger charge is 2.30. The van der Waals surface area contributed by atoms with Crippen molar-refractivity contribution in [1.82, 2.24) is 5.32 Å². The quantitative estimate of drug-likeness (QED) is 0.914. The molecule has 0 amide bonds. The first-order valence-electron chi connectivity index (χ1n) is 6.64. The summed E-state index contributed by atoms with van der Waals surface area (Å²) < 4.78 is 18.4. The van der Waals surface area contributed by atoms with Crippen LogP contribution < -0.4 is 5.32 Å². The van der Waals surface area contributed by atoms with Gasteiger partial charge in [-0.05, 0) is 36.8 Å². The Kier molecular flexibility index (Phi) is 3.50. The molecule has 0 bridgehead atoms. The van der Waals surface area contributed by atoms with Gasteiger partial charge in [0.05, 0.1) is 11.8 Å². The average Bonchev–Trinajstić information content (AvgIpc) is 3.01. The maximum Gasteiger partial charge on any atom is 0.335 e. The SMILES string of the molecule is CC1=C(C(=O)O)C(c2ccc(F)cc2)N=C(c2ccco2)N1. The minimum Gasteiger partial charge on any atom is -0.478 e. The molecule has 112 valence electrons. The van der Waals surface area contributed by atoms with E-state index in [0.717, 1.165) is 0 Å². The average molecular weight is 300 g/mol. The molecule has 1 atom stereocenters. The highest BCUT2D eigenvalue weighted by molar-refractivity contribution is 6.01. The molecule has 1 aliphatic rings. The number of aliphatic imine (C=N–C) groups is 1. The number of aliphatic carboxylic acids is 1. The summed E-state index contributed by atoms with van der Waals surface area (Å²) in [5, 5.41) is 12.4. The third-order valence-electron chi connectivity index (χ3n) is 3.41. The molecular weight excluding hydrogens is 287 g/mol. The number of halogens is 1. The van der Waals surface area contributed by atoms with Gasteiger partial charge in [-0.1, -0.05) is 12.1 Å². The van der Waals surface area contributed by atoms with Gasteiger partial charge in [-0.3, -0.25) is 4.99 Å². The molecule has 0 spiro atoms. The lowest BCUT2D eigenvalue weighted by molar-refractivity contribution is -0.133. The molecule has 0 saturated heterocycles. The van der Waals surface area contributed by atoms with Crippen molar-refractivity contribution in [3.05, 3.63) is 71.1 Å². The van der Waals surface area contributed by atoms with Crippen LogP contribution in [0.1, 0.15) is 24.3 Å². The van der Waals surface area contributed by atoms with E-state index in [9.17, 15) is 14.3 Å². The van der Waals surface area contributed by atoms with Crippen LogP contribution in [0.2, 0.25) is 0 Å². The lowest BCUT2D eigenvalue weighted by Crippen LogP contribution is -2.31. The van der Waals surface area contributed by atoms with Crippen LogP contribution >= 0.6 is 0 Å². The molecule has 0 fully saturated rings. The molecule has 1 unspecified atom stereocenters. The Morgan fingerprint density at radius 3 is 2.64 bits per heavy atom. The second-order valence-corrected chi connectivity index (χ2v) is 4.88. The molecule has 3 rings (SSSR count). The Hall–Kier alpha value is -2.89. The van der Waals surface area contributed by atoms with Crippen molar-refractivity contribution < 1.29 is 18.7 Å². The molecule has 5 nitrogen and oxygen atoms in total. The number of rotatable bonds is 3. The van der Waals surface area contributed by atoms with Crippen LogP contribution in [0.4, 0.5) is 4.39 Å². The number of carbonyl (C=O) groups is 1. The molecule has 0 aliphatic carbocycles. The molecule has 22 heavy (non-hydrogen) atoms. The van der Waals surface area contributed by atoms with Crippen molar-refractivity contribution in [3.8, 4) is 0 Å². The van der Waals surface area contributed by atoms with E-state index < -0.39 is 12.0 Å². The summed E-state index contributed by atoms with van der Waals surface area (Å²) >= 11 is 0. The first kappa shape index (κ1) is 14.1. The summed E-state index contributed by atoms with van der Waals surface area (Å²) in [4.78, 5) is 16.0. The van der Waals surface area contributed by atoms with Gasteiger partial charge in [-0.2, -0.15) is 0 Å². The Balaban J connectivity index is 2.09. The van der Waals surface area contributed by atoms with Gasteiger partial charge in [0.2, 0.25) is 0 Å². The first-order valence-corrected chi connectivity index (χ1v) is 6.64. The van der Waals surface area contributed by atoms with Gasteiger partial charge in [0.15, 0.2) is 11.6 Å². The molecule has 1 aromatic carbocycles. The van der Waals surface area contributed by atoms with Gasteiger partial charge in [0, 0.05) is 5.70 Å². The summed E-state index contributed by atoms with van der Waals surface area (Å²) in [7, 11) is 0. The largest absolute Gasteiger partial charge is 0.478 e. The smallest absolute Gasteiger partial charge is 0.335 e. The maximum absolute atomic E-state index is 13.1. The predicted molar refractivity (Wildman–Crippen MR) is 77.9 cm³/mol. The van der Waals surface area contributed by atoms with Gasteiger partial charge in [0.25, 0.3) is 0 Å². The predicted octanol–water partition coefficient (Wildman–Crippen LogP) is 2.87. The first-order chi connectivity index (χ1) is 10.6. The Bertz CT molecular complexity index is 761. The molecule has 2 aromatic rings. The van der Waals surface area contributed by atoms with E-state index in [1.807, 2.05) is 0 Å². The van der Waals surface area contributed by atoms with E-state index in [0.29, 0.717) is 22.9 Å². The summed E-state index contributed by atoms with van der Waals surface area (Å²) in [5.74, 6) is -0.496. The van der Waals surface area contributed by atoms with Gasteiger partial charge >= 0.3 is 5.97 Å². The third kappa shape index (κ3) is 2.50. The van der Waals surface area contributed by atoms with E-state index in [1.54, 1.807) is 19.1 Å². The van der Waals surface area contributed by atoms with Crippen LogP contribution in [0.5, 0.6) is 0 Å². The fourth-order valence-electron chi connectivity index (χ4n) is 2.38. The lowest BCUT2D eigenvalue weighted by atomic mass is 9.96. The number of nitrogens with one attached hydrogen (secondary N) is 1. The van der Waals surface area contributed by atoms with E-state index in [2.05, 4.69) is 10.3 Å². The number of furan rings is 1. The molecule has 6 heteroatoms.